The third kappa shape index (κ3) is 4.05. The maximum atomic E-state index is 10.5. The Morgan fingerprint density at radius 3 is 2.60 bits per heavy atom. The van der Waals surface area contributed by atoms with Gasteiger partial charge in [-0.2, -0.15) is 0 Å². The second-order valence-electron chi connectivity index (χ2n) is 6.24. The lowest BCUT2D eigenvalue weighted by atomic mass is 10.3. The number of hydrogen-bond donors (Lipinski definition) is 1. The second-order valence-corrected chi connectivity index (χ2v) is 7.16. The van der Waals surface area contributed by atoms with E-state index in [1.54, 1.807) is 0 Å². The molecule has 0 amide bonds. The summed E-state index contributed by atoms with van der Waals surface area (Å²) in [6.45, 7) is 2.96. The number of para-hydroxylation sites is 2. The molecule has 1 atom stereocenters. The van der Waals surface area contributed by atoms with Crippen LogP contribution in [0.25, 0.3) is 11.0 Å². The van der Waals surface area contributed by atoms with Gasteiger partial charge in [0, 0.05) is 10.9 Å². The van der Waals surface area contributed by atoms with Crippen LogP contribution < -0.4 is 9.30 Å². The molecular formula is C20H24BrN2O2+. The van der Waals surface area contributed by atoms with Crippen LogP contribution in [-0.4, -0.2) is 22.4 Å². The molecule has 0 aliphatic rings. The third-order valence-electron chi connectivity index (χ3n) is 4.36. The monoisotopic (exact) mass is 403 g/mol. The molecule has 1 N–H and O–H groups in total. The van der Waals surface area contributed by atoms with Gasteiger partial charge in [0.15, 0.2) is 11.0 Å². The molecule has 5 heteroatoms. The van der Waals surface area contributed by atoms with Crippen molar-refractivity contribution in [3.05, 3.63) is 58.8 Å². The number of benzene rings is 2. The molecule has 132 valence electrons. The summed E-state index contributed by atoms with van der Waals surface area (Å²) in [6.07, 6.45) is 1.47. The molecule has 1 aromatic heterocycles. The minimum absolute atomic E-state index is 0.267. The second kappa shape index (κ2) is 8.02. The molecule has 1 heterocycles. The lowest BCUT2D eigenvalue weighted by molar-refractivity contribution is -0.654. The number of fused-ring (bicyclic) bond motifs is 1. The van der Waals surface area contributed by atoms with E-state index in [4.69, 9.17) is 4.74 Å². The van der Waals surface area contributed by atoms with Crippen molar-refractivity contribution >= 4 is 27.0 Å². The predicted molar refractivity (Wildman–Crippen MR) is 103 cm³/mol. The number of aliphatic hydroxyl groups excluding tert-OH is 1. The van der Waals surface area contributed by atoms with E-state index in [1.807, 2.05) is 30.3 Å². The molecular weight excluding hydrogens is 380 g/mol. The van der Waals surface area contributed by atoms with Crippen LogP contribution in [0.1, 0.15) is 19.2 Å². The molecule has 0 saturated heterocycles. The SMILES string of the molecule is CCCc1n(C[C@@H](O)COc2ccc(Br)cc2)c2ccccc2[n+]1C. The van der Waals surface area contributed by atoms with E-state index >= 15 is 0 Å². The standard InChI is InChI=1S/C20H24BrN2O2/c1-3-6-20-22(2)18-7-4-5-8-19(18)23(20)13-16(24)14-25-17-11-9-15(21)10-12-17/h4-5,7-12,16,24H,3,6,13-14H2,1-2H3/q+1/t16-/m1/s1. The zero-order chi connectivity index (χ0) is 17.8. The Kier molecular flexibility index (Phi) is 5.76. The van der Waals surface area contributed by atoms with Crippen molar-refractivity contribution < 1.29 is 14.4 Å². The molecule has 3 aromatic rings. The highest BCUT2D eigenvalue weighted by atomic mass is 79.9. The van der Waals surface area contributed by atoms with Gasteiger partial charge in [-0.25, -0.2) is 9.13 Å². The highest BCUT2D eigenvalue weighted by molar-refractivity contribution is 9.10. The third-order valence-corrected chi connectivity index (χ3v) is 4.88. The van der Waals surface area contributed by atoms with Crippen molar-refractivity contribution in [2.45, 2.75) is 32.4 Å². The lowest BCUT2D eigenvalue weighted by Crippen LogP contribution is -2.34. The fourth-order valence-electron chi connectivity index (χ4n) is 3.15. The van der Waals surface area contributed by atoms with Gasteiger partial charge in [-0.05, 0) is 42.8 Å². The highest BCUT2D eigenvalue weighted by Gasteiger charge is 2.23. The number of rotatable bonds is 7. The summed E-state index contributed by atoms with van der Waals surface area (Å²) in [7, 11) is 2.09. The number of nitrogens with zero attached hydrogens (tertiary/aromatic N) is 2. The number of hydrogen-bond acceptors (Lipinski definition) is 2. The molecule has 0 aliphatic carbocycles. The smallest absolute Gasteiger partial charge is 0.257 e. The summed E-state index contributed by atoms with van der Waals surface area (Å²) in [5, 5.41) is 10.5. The van der Waals surface area contributed by atoms with Crippen molar-refractivity contribution in [2.24, 2.45) is 7.05 Å². The number of imidazole rings is 1. The number of ether oxygens (including phenoxy) is 1. The van der Waals surface area contributed by atoms with Crippen LogP contribution >= 0.6 is 15.9 Å². The van der Waals surface area contributed by atoms with E-state index in [1.165, 1.54) is 11.3 Å². The molecule has 0 spiro atoms. The van der Waals surface area contributed by atoms with E-state index < -0.39 is 6.10 Å². The summed E-state index contributed by atoms with van der Waals surface area (Å²) in [4.78, 5) is 0. The quantitative estimate of drug-likeness (QED) is 0.611. The summed E-state index contributed by atoms with van der Waals surface area (Å²) in [6, 6.07) is 16.0. The van der Waals surface area contributed by atoms with Gasteiger partial charge in [0.05, 0.1) is 7.05 Å². The first-order valence-corrected chi connectivity index (χ1v) is 9.42. The van der Waals surface area contributed by atoms with Crippen LogP contribution in [0.15, 0.2) is 53.0 Å². The van der Waals surface area contributed by atoms with Gasteiger partial charge in [-0.1, -0.05) is 35.0 Å². The van der Waals surface area contributed by atoms with Crippen LogP contribution in [0, 0.1) is 0 Å². The van der Waals surface area contributed by atoms with Gasteiger partial charge in [-0.3, -0.25) is 0 Å². The minimum atomic E-state index is -0.574. The van der Waals surface area contributed by atoms with E-state index in [0.29, 0.717) is 6.54 Å². The molecule has 25 heavy (non-hydrogen) atoms. The Morgan fingerprint density at radius 1 is 1.16 bits per heavy atom. The molecule has 0 fully saturated rings. The van der Waals surface area contributed by atoms with Crippen molar-refractivity contribution in [1.29, 1.82) is 0 Å². The first-order valence-electron chi connectivity index (χ1n) is 8.62. The first-order chi connectivity index (χ1) is 12.1. The maximum absolute atomic E-state index is 10.5. The average Bonchev–Trinajstić information content (AvgIpc) is 2.88. The fourth-order valence-corrected chi connectivity index (χ4v) is 3.42. The molecule has 0 saturated carbocycles. The van der Waals surface area contributed by atoms with Gasteiger partial charge >= 0.3 is 0 Å². The van der Waals surface area contributed by atoms with Crippen LogP contribution in [0.3, 0.4) is 0 Å². The summed E-state index contributed by atoms with van der Waals surface area (Å²) in [5.41, 5.74) is 2.34. The maximum Gasteiger partial charge on any atom is 0.257 e. The van der Waals surface area contributed by atoms with Gasteiger partial charge in [0.2, 0.25) is 0 Å². The Labute approximate surface area is 156 Å². The Bertz CT molecular complexity index is 843. The van der Waals surface area contributed by atoms with Gasteiger partial charge in [-0.15, -0.1) is 0 Å². The van der Waals surface area contributed by atoms with E-state index in [9.17, 15) is 5.11 Å². The molecule has 0 radical (unpaired) electrons. The zero-order valence-electron chi connectivity index (χ0n) is 14.7. The summed E-state index contributed by atoms with van der Waals surface area (Å²) >= 11 is 3.41. The fraction of sp³-hybridized carbons (Fsp3) is 0.350. The van der Waals surface area contributed by atoms with Crippen LogP contribution in [0.5, 0.6) is 5.75 Å². The predicted octanol–water partition coefficient (Wildman–Crippen LogP) is 3.62. The molecule has 0 bridgehead atoms. The molecule has 0 unspecified atom stereocenters. The van der Waals surface area contributed by atoms with Crippen molar-refractivity contribution in [3.8, 4) is 5.75 Å². The van der Waals surface area contributed by atoms with Gasteiger partial charge in [0.1, 0.15) is 25.0 Å². The van der Waals surface area contributed by atoms with Crippen molar-refractivity contribution in [3.63, 3.8) is 0 Å². The van der Waals surface area contributed by atoms with Gasteiger partial charge < -0.3 is 9.84 Å². The van der Waals surface area contributed by atoms with Crippen molar-refractivity contribution in [2.75, 3.05) is 6.61 Å². The first kappa shape index (κ1) is 18.0. The van der Waals surface area contributed by atoms with Gasteiger partial charge in [0.25, 0.3) is 5.82 Å². The topological polar surface area (TPSA) is 38.3 Å². The van der Waals surface area contributed by atoms with E-state index in [-0.39, 0.29) is 6.61 Å². The summed E-state index contributed by atoms with van der Waals surface area (Å²) < 4.78 is 11.2. The normalized spacial score (nSPS) is 12.5. The number of aromatic nitrogens is 2. The molecule has 0 aliphatic heterocycles. The highest BCUT2D eigenvalue weighted by Crippen LogP contribution is 2.18. The Morgan fingerprint density at radius 2 is 1.88 bits per heavy atom. The molecule has 3 rings (SSSR count). The lowest BCUT2D eigenvalue weighted by Gasteiger charge is -2.12. The minimum Gasteiger partial charge on any atom is -0.491 e. The van der Waals surface area contributed by atoms with E-state index in [2.05, 4.69) is 57.2 Å². The molecule has 2 aromatic carbocycles. The average molecular weight is 404 g/mol. The Balaban J connectivity index is 1.77. The number of aryl methyl sites for hydroxylation is 1. The summed E-state index contributed by atoms with van der Waals surface area (Å²) in [5.74, 6) is 1.99. The van der Waals surface area contributed by atoms with Crippen molar-refractivity contribution in [1.82, 2.24) is 4.57 Å². The largest absolute Gasteiger partial charge is 0.491 e. The molecule has 4 nitrogen and oxygen atoms in total. The number of aliphatic hydroxyl groups is 1. The van der Waals surface area contributed by atoms with Crippen LogP contribution in [0.2, 0.25) is 0 Å². The Hall–Kier alpha value is -1.85. The van der Waals surface area contributed by atoms with Crippen LogP contribution in [-0.2, 0) is 20.0 Å². The zero-order valence-corrected chi connectivity index (χ0v) is 16.2. The van der Waals surface area contributed by atoms with E-state index in [0.717, 1.165) is 28.6 Å². The van der Waals surface area contributed by atoms with Crippen LogP contribution in [0.4, 0.5) is 0 Å². The number of halogens is 1.